The topological polar surface area (TPSA) is 219 Å². The summed E-state index contributed by atoms with van der Waals surface area (Å²) < 4.78 is 26.1. The van der Waals surface area contributed by atoms with Crippen molar-refractivity contribution in [3.63, 3.8) is 0 Å². The Hall–Kier alpha value is -4.57. The van der Waals surface area contributed by atoms with E-state index in [1.54, 1.807) is 0 Å². The summed E-state index contributed by atoms with van der Waals surface area (Å²) in [6, 6.07) is 0.894. The Morgan fingerprint density at radius 2 is 1.32 bits per heavy atom. The minimum Gasteiger partial charge on any atom is -0.453 e. The number of nitrogens with zero attached hydrogens (tertiary/aromatic N) is 1. The zero-order valence-corrected chi connectivity index (χ0v) is 18.2. The van der Waals surface area contributed by atoms with Gasteiger partial charge in [-0.2, -0.15) is 0 Å². The van der Waals surface area contributed by atoms with E-state index in [4.69, 9.17) is 28.5 Å². The Balaban J connectivity index is 1.66. The average Bonchev–Trinajstić information content (AvgIpc) is 2.78. The first-order valence-electron chi connectivity index (χ1n) is 10.6. The third kappa shape index (κ3) is 3.26. The first-order valence-corrected chi connectivity index (χ1v) is 10.6. The predicted molar refractivity (Wildman–Crippen MR) is 104 cm³/mol. The Bertz CT molecular complexity index is 1380. The van der Waals surface area contributed by atoms with Gasteiger partial charge < -0.3 is 38.7 Å². The van der Waals surface area contributed by atoms with Crippen LogP contribution < -0.4 is 19.3 Å². The molecule has 5 bridgehead atoms. The highest BCUT2D eigenvalue weighted by Gasteiger charge is 2.58. The number of carbonyl (C=O) groups excluding carboxylic acids is 7. The van der Waals surface area contributed by atoms with Gasteiger partial charge in [-0.3, -0.25) is 19.2 Å². The van der Waals surface area contributed by atoms with Gasteiger partial charge in [0.25, 0.3) is 0 Å². The number of anilines is 1. The number of hydrogen-bond acceptors (Lipinski definition) is 15. The molecular formula is C21H13NO15. The maximum Gasteiger partial charge on any atom is 0.345 e. The summed E-state index contributed by atoms with van der Waals surface area (Å²) in [5, 5.41) is 21.5. The number of hydroxylamine groups is 1. The summed E-state index contributed by atoms with van der Waals surface area (Å²) in [4.78, 5) is 94.1. The van der Waals surface area contributed by atoms with Crippen molar-refractivity contribution in [3.05, 3.63) is 11.6 Å². The fourth-order valence-electron chi connectivity index (χ4n) is 4.58. The number of benzene rings is 1. The molecule has 5 aliphatic rings. The molecule has 16 nitrogen and oxygen atoms in total. The van der Waals surface area contributed by atoms with Gasteiger partial charge in [0.05, 0.1) is 36.9 Å². The second-order valence-corrected chi connectivity index (χ2v) is 8.91. The van der Waals surface area contributed by atoms with Crippen LogP contribution >= 0.6 is 0 Å². The number of fused-ring (bicyclic) bond motifs is 9. The van der Waals surface area contributed by atoms with E-state index < -0.39 is 119 Å². The van der Waals surface area contributed by atoms with Crippen LogP contribution in [0.1, 0.15) is 37.4 Å². The van der Waals surface area contributed by atoms with E-state index >= 15 is 0 Å². The maximum atomic E-state index is 13.3. The molecule has 1 aromatic carbocycles. The minimum absolute atomic E-state index is 0.325. The van der Waals surface area contributed by atoms with Gasteiger partial charge in [-0.05, 0) is 0 Å². The van der Waals surface area contributed by atoms with Gasteiger partial charge in [0.2, 0.25) is 11.9 Å². The van der Waals surface area contributed by atoms with E-state index in [0.717, 1.165) is 6.07 Å². The van der Waals surface area contributed by atoms with Crippen LogP contribution in [0.2, 0.25) is 0 Å². The first-order chi connectivity index (χ1) is 17.4. The zero-order valence-electron chi connectivity index (χ0n) is 18.2. The Morgan fingerprint density at radius 3 is 2.05 bits per heavy atom. The number of ether oxygens (including phenoxy) is 5. The van der Waals surface area contributed by atoms with Gasteiger partial charge in [0.1, 0.15) is 0 Å². The average molecular weight is 519 g/mol. The van der Waals surface area contributed by atoms with E-state index in [9.17, 15) is 43.8 Å². The highest BCUT2D eigenvalue weighted by Crippen LogP contribution is 2.55. The van der Waals surface area contributed by atoms with Crippen LogP contribution in [0, 0.1) is 0 Å². The summed E-state index contributed by atoms with van der Waals surface area (Å²) in [6.45, 7) is 0. The summed E-state index contributed by atoms with van der Waals surface area (Å²) in [5.41, 5.74) is -6.24. The molecule has 2 N–H and O–H groups in total. The lowest BCUT2D eigenvalue weighted by atomic mass is 9.91. The fourth-order valence-corrected chi connectivity index (χ4v) is 4.58. The van der Waals surface area contributed by atoms with Gasteiger partial charge in [0, 0.05) is 6.07 Å². The second kappa shape index (κ2) is 7.23. The van der Waals surface area contributed by atoms with E-state index in [1.165, 1.54) is 0 Å². The lowest BCUT2D eigenvalue weighted by Gasteiger charge is -2.39. The molecule has 192 valence electrons. The van der Waals surface area contributed by atoms with Crippen LogP contribution in [0.25, 0.3) is 0 Å². The first kappa shape index (κ1) is 22.9. The van der Waals surface area contributed by atoms with Crippen molar-refractivity contribution in [2.24, 2.45) is 0 Å². The van der Waals surface area contributed by atoms with Crippen molar-refractivity contribution in [2.45, 2.75) is 49.1 Å². The largest absolute Gasteiger partial charge is 0.453 e. The fraction of sp³-hybridized carbons (Fsp3) is 0.381. The van der Waals surface area contributed by atoms with Crippen LogP contribution in [0.4, 0.5) is 5.69 Å². The van der Waals surface area contributed by atoms with Crippen molar-refractivity contribution < 1.29 is 72.3 Å². The lowest BCUT2D eigenvalue weighted by Crippen LogP contribution is -2.53. The van der Waals surface area contributed by atoms with Crippen molar-refractivity contribution in [1.82, 2.24) is 0 Å². The molecular weight excluding hydrogens is 506 g/mol. The number of hydrogen-bond donors (Lipinski definition) is 2. The third-order valence-electron chi connectivity index (χ3n) is 6.27. The molecule has 0 spiro atoms. The second-order valence-electron chi connectivity index (χ2n) is 8.91. The summed E-state index contributed by atoms with van der Waals surface area (Å²) in [6.07, 6.45) is -8.11. The summed E-state index contributed by atoms with van der Waals surface area (Å²) in [5.74, 6) is -11.1. The van der Waals surface area contributed by atoms with E-state index in [-0.39, 0.29) is 0 Å². The zero-order chi connectivity index (χ0) is 26.4. The number of aliphatic hydroxyl groups is 2. The van der Waals surface area contributed by atoms with E-state index in [0.29, 0.717) is 5.06 Å². The van der Waals surface area contributed by atoms with E-state index in [1.807, 2.05) is 0 Å². The molecule has 4 unspecified atom stereocenters. The van der Waals surface area contributed by atoms with Crippen molar-refractivity contribution in [3.8, 4) is 17.2 Å². The van der Waals surface area contributed by atoms with Crippen LogP contribution in [0.3, 0.4) is 0 Å². The number of esters is 5. The minimum atomic E-state index is -2.72. The Labute approximate surface area is 203 Å². The number of rotatable bonds is 0. The molecule has 1 aromatic rings. The van der Waals surface area contributed by atoms with Crippen molar-refractivity contribution in [1.29, 1.82) is 0 Å². The molecule has 0 aromatic heterocycles. The molecule has 37 heavy (non-hydrogen) atoms. The molecule has 2 saturated heterocycles. The molecule has 16 heteroatoms. The molecule has 0 radical (unpaired) electrons. The van der Waals surface area contributed by atoms with Gasteiger partial charge in [-0.1, -0.05) is 0 Å². The van der Waals surface area contributed by atoms with Gasteiger partial charge >= 0.3 is 41.7 Å². The van der Waals surface area contributed by atoms with Gasteiger partial charge in [-0.25, -0.2) is 14.4 Å². The molecule has 4 atom stereocenters. The van der Waals surface area contributed by atoms with E-state index in [2.05, 4.69) is 0 Å². The number of carbonyl (C=O) groups is 7. The quantitative estimate of drug-likeness (QED) is 0.274. The molecule has 0 aliphatic carbocycles. The lowest BCUT2D eigenvalue weighted by molar-refractivity contribution is -0.198. The SMILES string of the molecule is O=C1CC2(O)CC(=O)Oc3c(c(cc4c3C3OC(=O)CC5(O)CC(=O)ON4C(=O)C3OC5=O)O1)OC2=O. The predicted octanol–water partition coefficient (Wildman–Crippen LogP) is -2.22. The third-order valence-corrected chi connectivity index (χ3v) is 6.27. The molecule has 5 heterocycles. The standard InChI is InChI=1S/C21H13NO15/c23-8-2-20(30)3-9(24)33-14-12-6(1-7(32-8)13(14)35-18(20)28)22-17(27)16-15(12)34-10(25)4-21(31,19(29)36-16)5-11(26)37-22/h1,15-16,30-31H,2-5H2. The van der Waals surface area contributed by atoms with Crippen LogP contribution in [-0.2, 0) is 47.9 Å². The van der Waals surface area contributed by atoms with Crippen molar-refractivity contribution in [2.75, 3.05) is 5.06 Å². The monoisotopic (exact) mass is 519 g/mol. The number of amides is 1. The maximum absolute atomic E-state index is 13.3. The molecule has 6 rings (SSSR count). The van der Waals surface area contributed by atoms with Crippen molar-refractivity contribution >= 4 is 47.4 Å². The molecule has 1 amide bonds. The summed E-state index contributed by atoms with van der Waals surface area (Å²) >= 11 is 0. The van der Waals surface area contributed by atoms with Crippen LogP contribution in [-0.4, -0.2) is 69.2 Å². The smallest absolute Gasteiger partial charge is 0.345 e. The highest BCUT2D eigenvalue weighted by atomic mass is 16.7. The molecule has 0 saturated carbocycles. The van der Waals surface area contributed by atoms with Gasteiger partial charge in [0.15, 0.2) is 28.8 Å². The summed E-state index contributed by atoms with van der Waals surface area (Å²) in [7, 11) is 0. The normalized spacial score (nSPS) is 32.4. The Kier molecular flexibility index (Phi) is 4.47. The highest BCUT2D eigenvalue weighted by molar-refractivity contribution is 6.06. The molecule has 2 fully saturated rings. The van der Waals surface area contributed by atoms with Crippen LogP contribution in [0.15, 0.2) is 6.07 Å². The van der Waals surface area contributed by atoms with Gasteiger partial charge in [-0.15, -0.1) is 5.06 Å². The Morgan fingerprint density at radius 1 is 0.703 bits per heavy atom. The van der Waals surface area contributed by atoms with Crippen LogP contribution in [0.5, 0.6) is 17.2 Å². The molecule has 5 aliphatic heterocycles.